The molecule has 0 saturated carbocycles. The van der Waals surface area contributed by atoms with Gasteiger partial charge < -0.3 is 5.11 Å². The van der Waals surface area contributed by atoms with Crippen molar-refractivity contribution in [3.63, 3.8) is 0 Å². The number of nitrogens with zero attached hydrogens (tertiary/aromatic N) is 1. The van der Waals surface area contributed by atoms with Crippen LogP contribution in [0.25, 0.3) is 0 Å². The summed E-state index contributed by atoms with van der Waals surface area (Å²) < 4.78 is 27.2. The third-order valence-electron chi connectivity index (χ3n) is 4.26. The lowest BCUT2D eigenvalue weighted by atomic mass is 9.88. The normalized spacial score (nSPS) is 14.5. The van der Waals surface area contributed by atoms with Crippen molar-refractivity contribution in [2.24, 2.45) is 5.41 Å². The summed E-state index contributed by atoms with van der Waals surface area (Å²) in [7, 11) is -1.96. The van der Waals surface area contributed by atoms with Crippen LogP contribution in [0, 0.1) is 19.3 Å². The Morgan fingerprint density at radius 3 is 2.14 bits per heavy atom. The van der Waals surface area contributed by atoms with Gasteiger partial charge in [-0.2, -0.15) is 4.31 Å². The smallest absolute Gasteiger partial charge is 0.243 e. The van der Waals surface area contributed by atoms with E-state index in [0.29, 0.717) is 11.1 Å². The highest BCUT2D eigenvalue weighted by Gasteiger charge is 2.33. The van der Waals surface area contributed by atoms with E-state index in [1.165, 1.54) is 4.31 Å². The van der Waals surface area contributed by atoms with E-state index in [2.05, 4.69) is 0 Å². The second kappa shape index (κ2) is 6.07. The summed E-state index contributed by atoms with van der Waals surface area (Å²) in [4.78, 5) is 0.274. The topological polar surface area (TPSA) is 57.6 Å². The molecule has 0 aliphatic rings. The molecule has 1 aromatic carbocycles. The molecular weight excluding hydrogens is 286 g/mol. The third kappa shape index (κ3) is 3.65. The number of hydrogen-bond donors (Lipinski definition) is 1. The first-order chi connectivity index (χ1) is 9.42. The number of aliphatic hydroxyl groups excluding tert-OH is 1. The van der Waals surface area contributed by atoms with E-state index in [0.717, 1.165) is 5.56 Å². The lowest BCUT2D eigenvalue weighted by Gasteiger charge is -2.34. The molecule has 0 aromatic heterocycles. The van der Waals surface area contributed by atoms with E-state index in [4.69, 9.17) is 0 Å². The summed E-state index contributed by atoms with van der Waals surface area (Å²) in [5, 5.41) is 9.37. The van der Waals surface area contributed by atoms with E-state index in [1.807, 2.05) is 40.7 Å². The number of hydrogen-bond acceptors (Lipinski definition) is 3. The van der Waals surface area contributed by atoms with Gasteiger partial charge in [-0.05, 0) is 48.9 Å². The number of sulfonamides is 1. The zero-order valence-electron chi connectivity index (χ0n) is 14.1. The van der Waals surface area contributed by atoms with Crippen LogP contribution in [0.1, 0.15) is 44.4 Å². The van der Waals surface area contributed by atoms with Gasteiger partial charge >= 0.3 is 0 Å². The van der Waals surface area contributed by atoms with Gasteiger partial charge in [0.1, 0.15) is 0 Å². The Bertz CT molecular complexity index is 615. The molecule has 0 bridgehead atoms. The van der Waals surface area contributed by atoms with Crippen molar-refractivity contribution in [1.82, 2.24) is 4.31 Å². The van der Waals surface area contributed by atoms with E-state index >= 15 is 0 Å². The molecule has 0 fully saturated rings. The summed E-state index contributed by atoms with van der Waals surface area (Å²) in [5.41, 5.74) is 2.11. The van der Waals surface area contributed by atoms with Crippen LogP contribution >= 0.6 is 0 Å². The van der Waals surface area contributed by atoms with Crippen molar-refractivity contribution in [1.29, 1.82) is 0 Å². The van der Waals surface area contributed by atoms with Crippen LogP contribution < -0.4 is 0 Å². The fourth-order valence-electron chi connectivity index (χ4n) is 2.23. The van der Waals surface area contributed by atoms with Crippen LogP contribution in [0.2, 0.25) is 0 Å². The van der Waals surface area contributed by atoms with Gasteiger partial charge in [-0.15, -0.1) is 0 Å². The Balaban J connectivity index is 3.38. The number of rotatable bonds is 4. The molecule has 120 valence electrons. The molecule has 0 aliphatic carbocycles. The van der Waals surface area contributed by atoms with Crippen LogP contribution in [0.4, 0.5) is 0 Å². The minimum atomic E-state index is -3.58. The van der Waals surface area contributed by atoms with Gasteiger partial charge in [0, 0.05) is 13.1 Å². The lowest BCUT2D eigenvalue weighted by molar-refractivity contribution is 0.216. The molecule has 1 N–H and O–H groups in total. The van der Waals surface area contributed by atoms with E-state index in [-0.39, 0.29) is 23.0 Å². The molecule has 5 heteroatoms. The SMILES string of the molecule is Cc1cc(C)c(S(=O)(=O)N(C)C(C)C(C)(C)C)cc1CO. The number of benzene rings is 1. The second-order valence-electron chi connectivity index (χ2n) is 6.77. The van der Waals surface area contributed by atoms with Crippen molar-refractivity contribution in [2.75, 3.05) is 7.05 Å². The van der Waals surface area contributed by atoms with Crippen molar-refractivity contribution in [3.05, 3.63) is 28.8 Å². The van der Waals surface area contributed by atoms with Gasteiger partial charge in [0.05, 0.1) is 11.5 Å². The van der Waals surface area contributed by atoms with Gasteiger partial charge in [-0.25, -0.2) is 8.42 Å². The Labute approximate surface area is 128 Å². The molecule has 21 heavy (non-hydrogen) atoms. The number of aryl methyl sites for hydroxylation is 2. The van der Waals surface area contributed by atoms with Gasteiger partial charge in [0.25, 0.3) is 0 Å². The standard InChI is InChI=1S/C16H27NO3S/c1-11-8-12(2)15(9-14(11)10-18)21(19,20)17(7)13(3)16(4,5)6/h8-9,13,18H,10H2,1-7H3. The maximum absolute atomic E-state index is 12.9. The molecule has 4 nitrogen and oxygen atoms in total. The average Bonchev–Trinajstić information content (AvgIpc) is 2.35. The predicted molar refractivity (Wildman–Crippen MR) is 85.7 cm³/mol. The second-order valence-corrected chi connectivity index (χ2v) is 8.73. The molecule has 1 rings (SSSR count). The molecular formula is C16H27NO3S. The highest BCUT2D eigenvalue weighted by Crippen LogP contribution is 2.30. The van der Waals surface area contributed by atoms with Crippen LogP contribution in [0.15, 0.2) is 17.0 Å². The summed E-state index contributed by atoms with van der Waals surface area (Å²) >= 11 is 0. The minimum absolute atomic E-state index is 0.138. The largest absolute Gasteiger partial charge is 0.392 e. The number of aliphatic hydroxyl groups is 1. The van der Waals surface area contributed by atoms with E-state index in [9.17, 15) is 13.5 Å². The van der Waals surface area contributed by atoms with Gasteiger partial charge in [-0.3, -0.25) is 0 Å². The molecule has 0 amide bonds. The Kier molecular flexibility index (Phi) is 5.24. The first-order valence-electron chi connectivity index (χ1n) is 7.12. The van der Waals surface area contributed by atoms with Crippen LogP contribution in [-0.4, -0.2) is 30.9 Å². The summed E-state index contributed by atoms with van der Waals surface area (Å²) in [5.74, 6) is 0. The summed E-state index contributed by atoms with van der Waals surface area (Å²) in [6, 6.07) is 3.26. The Morgan fingerprint density at radius 1 is 1.19 bits per heavy atom. The van der Waals surface area contributed by atoms with E-state index in [1.54, 1.807) is 20.0 Å². The lowest BCUT2D eigenvalue weighted by Crippen LogP contribution is -2.43. The molecule has 0 radical (unpaired) electrons. The maximum Gasteiger partial charge on any atom is 0.243 e. The summed E-state index contributed by atoms with van der Waals surface area (Å²) in [6.07, 6.45) is 0. The summed E-state index contributed by atoms with van der Waals surface area (Å²) in [6.45, 7) is 11.5. The van der Waals surface area contributed by atoms with Crippen molar-refractivity contribution < 1.29 is 13.5 Å². The predicted octanol–water partition coefficient (Wildman–Crippen LogP) is 2.85. The van der Waals surface area contributed by atoms with Crippen molar-refractivity contribution >= 4 is 10.0 Å². The molecule has 1 atom stereocenters. The average molecular weight is 313 g/mol. The van der Waals surface area contributed by atoms with Gasteiger partial charge in [0.15, 0.2) is 0 Å². The first-order valence-corrected chi connectivity index (χ1v) is 8.56. The zero-order chi connectivity index (χ0) is 16.6. The van der Waals surface area contributed by atoms with Gasteiger partial charge in [-0.1, -0.05) is 26.8 Å². The van der Waals surface area contributed by atoms with Crippen LogP contribution in [-0.2, 0) is 16.6 Å². The minimum Gasteiger partial charge on any atom is -0.392 e. The first kappa shape index (κ1) is 18.1. The fourth-order valence-corrected chi connectivity index (χ4v) is 4.03. The highest BCUT2D eigenvalue weighted by molar-refractivity contribution is 7.89. The van der Waals surface area contributed by atoms with Crippen LogP contribution in [0.5, 0.6) is 0 Å². The maximum atomic E-state index is 12.9. The van der Waals surface area contributed by atoms with Gasteiger partial charge in [0.2, 0.25) is 10.0 Å². The fraction of sp³-hybridized carbons (Fsp3) is 0.625. The molecule has 0 heterocycles. The zero-order valence-corrected chi connectivity index (χ0v) is 14.9. The highest BCUT2D eigenvalue weighted by atomic mass is 32.2. The quantitative estimate of drug-likeness (QED) is 0.930. The molecule has 0 spiro atoms. The molecule has 1 unspecified atom stereocenters. The van der Waals surface area contributed by atoms with Crippen LogP contribution in [0.3, 0.4) is 0 Å². The molecule has 0 aliphatic heterocycles. The Morgan fingerprint density at radius 2 is 1.71 bits per heavy atom. The third-order valence-corrected chi connectivity index (χ3v) is 6.33. The molecule has 1 aromatic rings. The molecule has 0 saturated heterocycles. The monoisotopic (exact) mass is 313 g/mol. The van der Waals surface area contributed by atoms with Crippen molar-refractivity contribution in [2.45, 2.75) is 59.1 Å². The van der Waals surface area contributed by atoms with E-state index < -0.39 is 10.0 Å². The Hall–Kier alpha value is -0.910. The van der Waals surface area contributed by atoms with Crippen molar-refractivity contribution in [3.8, 4) is 0 Å².